The van der Waals surface area contributed by atoms with Crippen LogP contribution in [0.15, 0.2) is 36.7 Å². The summed E-state index contributed by atoms with van der Waals surface area (Å²) in [6.07, 6.45) is 3.67. The number of likely N-dealkylation sites (tertiary alicyclic amines) is 1. The number of nitrogen functional groups attached to an aromatic ring is 1. The van der Waals surface area contributed by atoms with Crippen molar-refractivity contribution in [3.05, 3.63) is 47.8 Å². The molecule has 1 amide bonds. The Hall–Kier alpha value is -3.06. The number of hydrogen-bond donors (Lipinski definition) is 2. The Morgan fingerprint density at radius 2 is 2.08 bits per heavy atom. The second-order valence-electron chi connectivity index (χ2n) is 6.75. The summed E-state index contributed by atoms with van der Waals surface area (Å²) in [7, 11) is 1.69. The number of aliphatic hydroxyl groups is 1. The van der Waals surface area contributed by atoms with E-state index in [4.69, 9.17) is 5.73 Å². The zero-order valence-electron chi connectivity index (χ0n) is 14.6. The Balaban J connectivity index is 1.85. The number of benzene rings is 1. The van der Waals surface area contributed by atoms with E-state index >= 15 is 0 Å². The maximum atomic E-state index is 12.4. The standard InChI is InChI=1S/C19H19N5O2/c1-11-7-13(9-14(8-11)19(26)4-6-24(2)18(19)25)17-22-10-12-3-5-21-16(20)15(12)23-17/h3,5,7-10,26H,4,6H2,1-2H3,(H2,20,21)/t19-/m0/s1. The average Bonchev–Trinajstić information content (AvgIpc) is 2.90. The van der Waals surface area contributed by atoms with E-state index in [1.165, 1.54) is 0 Å². The van der Waals surface area contributed by atoms with Crippen LogP contribution in [0.3, 0.4) is 0 Å². The SMILES string of the molecule is Cc1cc(-c2ncc3ccnc(N)c3n2)cc([C@@]2(O)CCN(C)C2=O)c1. The van der Waals surface area contributed by atoms with E-state index in [2.05, 4.69) is 15.0 Å². The van der Waals surface area contributed by atoms with Crippen LogP contribution >= 0.6 is 0 Å². The first-order valence-corrected chi connectivity index (χ1v) is 8.36. The van der Waals surface area contributed by atoms with Gasteiger partial charge in [0.1, 0.15) is 11.3 Å². The monoisotopic (exact) mass is 349 g/mol. The van der Waals surface area contributed by atoms with Gasteiger partial charge in [0.05, 0.1) is 0 Å². The van der Waals surface area contributed by atoms with Crippen LogP contribution in [0.5, 0.6) is 0 Å². The fourth-order valence-corrected chi connectivity index (χ4v) is 3.39. The summed E-state index contributed by atoms with van der Waals surface area (Å²) < 4.78 is 0. The topological polar surface area (TPSA) is 105 Å². The average molecular weight is 349 g/mol. The van der Waals surface area contributed by atoms with Gasteiger partial charge in [0, 0.05) is 43.4 Å². The molecule has 7 nitrogen and oxygen atoms in total. The summed E-state index contributed by atoms with van der Waals surface area (Å²) in [6, 6.07) is 7.33. The van der Waals surface area contributed by atoms with Gasteiger partial charge in [-0.2, -0.15) is 0 Å². The molecule has 1 atom stereocenters. The summed E-state index contributed by atoms with van der Waals surface area (Å²) in [5.41, 5.74) is 7.19. The van der Waals surface area contributed by atoms with Gasteiger partial charge in [-0.1, -0.05) is 11.6 Å². The number of carbonyl (C=O) groups is 1. The molecule has 26 heavy (non-hydrogen) atoms. The molecule has 0 saturated carbocycles. The van der Waals surface area contributed by atoms with Crippen molar-refractivity contribution in [3.63, 3.8) is 0 Å². The van der Waals surface area contributed by atoms with Crippen LogP contribution < -0.4 is 5.73 Å². The van der Waals surface area contributed by atoms with Crippen molar-refractivity contribution >= 4 is 22.6 Å². The van der Waals surface area contributed by atoms with E-state index in [1.54, 1.807) is 36.5 Å². The number of fused-ring (bicyclic) bond motifs is 1. The number of aromatic nitrogens is 3. The molecule has 0 unspecified atom stereocenters. The van der Waals surface area contributed by atoms with Gasteiger partial charge in [0.2, 0.25) is 0 Å². The van der Waals surface area contributed by atoms with Crippen molar-refractivity contribution in [1.82, 2.24) is 19.9 Å². The van der Waals surface area contributed by atoms with Gasteiger partial charge in [-0.15, -0.1) is 0 Å². The largest absolute Gasteiger partial charge is 0.382 e. The van der Waals surface area contributed by atoms with E-state index in [-0.39, 0.29) is 5.91 Å². The number of rotatable bonds is 2. The normalized spacial score (nSPS) is 20.1. The van der Waals surface area contributed by atoms with E-state index in [0.29, 0.717) is 35.7 Å². The second kappa shape index (κ2) is 5.74. The lowest BCUT2D eigenvalue weighted by Crippen LogP contribution is -2.36. The molecule has 1 aliphatic rings. The molecule has 0 spiro atoms. The lowest BCUT2D eigenvalue weighted by atomic mass is 9.89. The molecule has 0 aliphatic carbocycles. The van der Waals surface area contributed by atoms with Gasteiger partial charge in [-0.25, -0.2) is 15.0 Å². The molecule has 3 aromatic rings. The van der Waals surface area contributed by atoms with Crippen LogP contribution in [0.2, 0.25) is 0 Å². The highest BCUT2D eigenvalue weighted by Gasteiger charge is 2.45. The zero-order chi connectivity index (χ0) is 18.5. The summed E-state index contributed by atoms with van der Waals surface area (Å²) in [4.78, 5) is 27.0. The maximum absolute atomic E-state index is 12.4. The fourth-order valence-electron chi connectivity index (χ4n) is 3.39. The number of anilines is 1. The molecule has 1 aromatic carbocycles. The van der Waals surface area contributed by atoms with E-state index in [0.717, 1.165) is 16.5 Å². The highest BCUT2D eigenvalue weighted by molar-refractivity contribution is 5.89. The van der Waals surface area contributed by atoms with Crippen LogP contribution in [-0.2, 0) is 10.4 Å². The minimum Gasteiger partial charge on any atom is -0.382 e. The van der Waals surface area contributed by atoms with Crippen molar-refractivity contribution in [2.45, 2.75) is 18.9 Å². The van der Waals surface area contributed by atoms with Crippen LogP contribution in [-0.4, -0.2) is 44.5 Å². The number of nitrogens with two attached hydrogens (primary N) is 1. The first-order valence-electron chi connectivity index (χ1n) is 8.36. The molecular weight excluding hydrogens is 330 g/mol. The Labute approximate surface area is 150 Å². The molecule has 0 radical (unpaired) electrons. The molecule has 7 heteroatoms. The van der Waals surface area contributed by atoms with Crippen molar-refractivity contribution in [2.24, 2.45) is 0 Å². The zero-order valence-corrected chi connectivity index (χ0v) is 14.6. The van der Waals surface area contributed by atoms with E-state index in [9.17, 15) is 9.90 Å². The van der Waals surface area contributed by atoms with E-state index in [1.807, 2.05) is 19.1 Å². The van der Waals surface area contributed by atoms with Crippen LogP contribution in [0.1, 0.15) is 17.5 Å². The first kappa shape index (κ1) is 16.4. The fraction of sp³-hybridized carbons (Fsp3) is 0.263. The maximum Gasteiger partial charge on any atom is 0.258 e. The Morgan fingerprint density at radius 3 is 2.81 bits per heavy atom. The van der Waals surface area contributed by atoms with Crippen molar-refractivity contribution in [3.8, 4) is 11.4 Å². The number of pyridine rings is 1. The number of hydrogen-bond acceptors (Lipinski definition) is 6. The number of nitrogens with zero attached hydrogens (tertiary/aromatic N) is 4. The summed E-state index contributed by atoms with van der Waals surface area (Å²) in [5, 5.41) is 11.8. The van der Waals surface area contributed by atoms with Gasteiger partial charge in [-0.05, 0) is 30.7 Å². The molecule has 4 rings (SSSR count). The van der Waals surface area contributed by atoms with Crippen LogP contribution in [0.25, 0.3) is 22.3 Å². The third-order valence-corrected chi connectivity index (χ3v) is 4.85. The molecule has 132 valence electrons. The number of aryl methyl sites for hydroxylation is 1. The molecule has 1 saturated heterocycles. The Bertz CT molecular complexity index is 1040. The molecule has 2 aromatic heterocycles. The molecule has 3 heterocycles. The van der Waals surface area contributed by atoms with Gasteiger partial charge in [0.25, 0.3) is 5.91 Å². The first-order chi connectivity index (χ1) is 12.4. The number of likely N-dealkylation sites (N-methyl/N-ethyl adjacent to an activating group) is 1. The minimum atomic E-state index is -1.51. The third kappa shape index (κ3) is 2.48. The molecular formula is C19H19N5O2. The third-order valence-electron chi connectivity index (χ3n) is 4.85. The van der Waals surface area contributed by atoms with Crippen LogP contribution in [0.4, 0.5) is 5.82 Å². The highest BCUT2D eigenvalue weighted by atomic mass is 16.3. The summed E-state index contributed by atoms with van der Waals surface area (Å²) in [6.45, 7) is 2.43. The smallest absolute Gasteiger partial charge is 0.258 e. The minimum absolute atomic E-state index is 0.290. The predicted octanol–water partition coefficient (Wildman–Crippen LogP) is 1.63. The predicted molar refractivity (Wildman–Crippen MR) is 98.1 cm³/mol. The second-order valence-corrected chi connectivity index (χ2v) is 6.75. The Morgan fingerprint density at radius 1 is 1.27 bits per heavy atom. The van der Waals surface area contributed by atoms with Gasteiger partial charge >= 0.3 is 0 Å². The number of amides is 1. The van der Waals surface area contributed by atoms with Crippen molar-refractivity contribution in [2.75, 3.05) is 19.3 Å². The Kier molecular flexibility index (Phi) is 3.62. The highest BCUT2D eigenvalue weighted by Crippen LogP contribution is 2.35. The van der Waals surface area contributed by atoms with E-state index < -0.39 is 5.60 Å². The molecule has 3 N–H and O–H groups in total. The van der Waals surface area contributed by atoms with Crippen LogP contribution in [0, 0.1) is 6.92 Å². The lowest BCUT2D eigenvalue weighted by Gasteiger charge is -2.22. The van der Waals surface area contributed by atoms with Crippen molar-refractivity contribution < 1.29 is 9.90 Å². The summed E-state index contributed by atoms with van der Waals surface area (Å²) >= 11 is 0. The van der Waals surface area contributed by atoms with Gasteiger partial charge < -0.3 is 15.7 Å². The summed E-state index contributed by atoms with van der Waals surface area (Å²) in [5.74, 6) is 0.525. The molecule has 0 bridgehead atoms. The molecule has 1 fully saturated rings. The van der Waals surface area contributed by atoms with Gasteiger partial charge in [-0.3, -0.25) is 4.79 Å². The van der Waals surface area contributed by atoms with Crippen molar-refractivity contribution in [1.29, 1.82) is 0 Å². The lowest BCUT2D eigenvalue weighted by molar-refractivity contribution is -0.143. The number of carbonyl (C=O) groups excluding carboxylic acids is 1. The van der Waals surface area contributed by atoms with Gasteiger partial charge in [0.15, 0.2) is 11.4 Å². The quantitative estimate of drug-likeness (QED) is 0.728. The molecule has 1 aliphatic heterocycles.